The maximum atomic E-state index is 12.1. The monoisotopic (exact) mass is 218 g/mol. The Morgan fingerprint density at radius 1 is 1.27 bits per heavy atom. The van der Waals surface area contributed by atoms with Gasteiger partial charge in [-0.3, -0.25) is 0 Å². The van der Waals surface area contributed by atoms with Gasteiger partial charge in [-0.25, -0.2) is 0 Å². The summed E-state index contributed by atoms with van der Waals surface area (Å²) in [5.74, 6) is 0. The van der Waals surface area contributed by atoms with Crippen molar-refractivity contribution in [2.24, 2.45) is 0 Å². The van der Waals surface area contributed by atoms with E-state index < -0.39 is 12.3 Å². The molecule has 1 rings (SSSR count). The molecule has 1 aromatic rings. The maximum absolute atomic E-state index is 12.1. The lowest BCUT2D eigenvalue weighted by Gasteiger charge is -2.16. The summed E-state index contributed by atoms with van der Waals surface area (Å²) in [7, 11) is 0. The van der Waals surface area contributed by atoms with Gasteiger partial charge in [-0.15, -0.1) is 0 Å². The zero-order valence-corrected chi connectivity index (χ0v) is 8.60. The first-order valence-electron chi connectivity index (χ1n) is 4.61. The normalized spacial score (nSPS) is 14.0. The van der Waals surface area contributed by atoms with Gasteiger partial charge in [0.1, 0.15) is 0 Å². The molecule has 0 unspecified atom stereocenters. The van der Waals surface area contributed by atoms with Gasteiger partial charge in [0.05, 0.1) is 0 Å². The summed E-state index contributed by atoms with van der Waals surface area (Å²) in [4.78, 5) is 0. The number of halogens is 3. The van der Waals surface area contributed by atoms with E-state index in [9.17, 15) is 13.2 Å². The van der Waals surface area contributed by atoms with Crippen LogP contribution >= 0.6 is 0 Å². The molecule has 0 saturated heterocycles. The molecule has 0 bridgehead atoms. The molecule has 0 heterocycles. The number of benzene rings is 1. The molecule has 84 valence electrons. The van der Waals surface area contributed by atoms with Crippen LogP contribution in [-0.4, -0.2) is 17.4 Å². The number of hydrogen-bond acceptors (Lipinski definition) is 1. The SMILES string of the molecule is Cc1ccc(C)c(C[C@H](O)C(F)(F)F)c1. The summed E-state index contributed by atoms with van der Waals surface area (Å²) in [5, 5.41) is 8.93. The van der Waals surface area contributed by atoms with E-state index >= 15 is 0 Å². The fourth-order valence-electron chi connectivity index (χ4n) is 1.34. The van der Waals surface area contributed by atoms with Gasteiger partial charge in [-0.05, 0) is 25.0 Å². The van der Waals surface area contributed by atoms with E-state index in [1.54, 1.807) is 19.1 Å². The highest BCUT2D eigenvalue weighted by atomic mass is 19.4. The highest BCUT2D eigenvalue weighted by Crippen LogP contribution is 2.24. The van der Waals surface area contributed by atoms with Gasteiger partial charge in [0, 0.05) is 6.42 Å². The van der Waals surface area contributed by atoms with Crippen LogP contribution in [0.25, 0.3) is 0 Å². The Labute approximate surface area is 86.5 Å². The number of rotatable bonds is 2. The molecule has 0 aliphatic carbocycles. The predicted octanol–water partition coefficient (Wildman–Crippen LogP) is 2.77. The van der Waals surface area contributed by atoms with Gasteiger partial charge in [0.2, 0.25) is 0 Å². The summed E-state index contributed by atoms with van der Waals surface area (Å²) < 4.78 is 36.4. The fourth-order valence-corrected chi connectivity index (χ4v) is 1.34. The minimum Gasteiger partial charge on any atom is -0.383 e. The molecule has 1 aromatic carbocycles. The van der Waals surface area contributed by atoms with Crippen LogP contribution in [-0.2, 0) is 6.42 Å². The molecule has 15 heavy (non-hydrogen) atoms. The van der Waals surface area contributed by atoms with Gasteiger partial charge in [0.15, 0.2) is 6.10 Å². The molecule has 1 N–H and O–H groups in total. The third-order valence-corrected chi connectivity index (χ3v) is 2.30. The van der Waals surface area contributed by atoms with Crippen LogP contribution in [0.3, 0.4) is 0 Å². The maximum Gasteiger partial charge on any atom is 0.414 e. The number of hydrogen-bond donors (Lipinski definition) is 1. The van der Waals surface area contributed by atoms with Gasteiger partial charge in [-0.2, -0.15) is 13.2 Å². The molecule has 0 fully saturated rings. The second kappa shape index (κ2) is 4.23. The van der Waals surface area contributed by atoms with Crippen molar-refractivity contribution in [2.75, 3.05) is 0 Å². The lowest BCUT2D eigenvalue weighted by molar-refractivity contribution is -0.203. The second-order valence-corrected chi connectivity index (χ2v) is 3.69. The largest absolute Gasteiger partial charge is 0.414 e. The Balaban J connectivity index is 2.85. The first kappa shape index (κ1) is 12.0. The van der Waals surface area contributed by atoms with Crippen molar-refractivity contribution in [1.82, 2.24) is 0 Å². The molecule has 0 aliphatic heterocycles. The van der Waals surface area contributed by atoms with Crippen LogP contribution in [0.15, 0.2) is 18.2 Å². The predicted molar refractivity (Wildman–Crippen MR) is 51.7 cm³/mol. The summed E-state index contributed by atoms with van der Waals surface area (Å²) in [6.07, 6.45) is -7.20. The lowest BCUT2D eigenvalue weighted by Crippen LogP contribution is -2.30. The van der Waals surface area contributed by atoms with Crippen molar-refractivity contribution in [3.05, 3.63) is 34.9 Å². The third-order valence-electron chi connectivity index (χ3n) is 2.30. The Bertz CT molecular complexity index is 344. The molecule has 0 radical (unpaired) electrons. The van der Waals surface area contributed by atoms with E-state index in [0.717, 1.165) is 11.1 Å². The summed E-state index contributed by atoms with van der Waals surface area (Å²) in [6, 6.07) is 5.26. The zero-order chi connectivity index (χ0) is 11.6. The molecular formula is C11H13F3O. The summed E-state index contributed by atoms with van der Waals surface area (Å²) >= 11 is 0. The number of aryl methyl sites for hydroxylation is 2. The number of aliphatic hydroxyl groups is 1. The molecule has 0 spiro atoms. The van der Waals surface area contributed by atoms with Crippen LogP contribution in [0, 0.1) is 13.8 Å². The Kier molecular flexibility index (Phi) is 3.39. The smallest absolute Gasteiger partial charge is 0.383 e. The highest BCUT2D eigenvalue weighted by molar-refractivity contribution is 5.31. The summed E-state index contributed by atoms with van der Waals surface area (Å²) in [5.41, 5.74) is 2.20. The Hall–Kier alpha value is -1.03. The van der Waals surface area contributed by atoms with Crippen LogP contribution in [0.2, 0.25) is 0 Å². The van der Waals surface area contributed by atoms with Crippen molar-refractivity contribution in [1.29, 1.82) is 0 Å². The van der Waals surface area contributed by atoms with Gasteiger partial charge < -0.3 is 5.11 Å². The zero-order valence-electron chi connectivity index (χ0n) is 8.60. The van der Waals surface area contributed by atoms with Crippen molar-refractivity contribution in [3.8, 4) is 0 Å². The van der Waals surface area contributed by atoms with E-state index in [1.807, 2.05) is 13.0 Å². The van der Waals surface area contributed by atoms with E-state index in [0.29, 0.717) is 5.56 Å². The van der Waals surface area contributed by atoms with Crippen LogP contribution in [0.1, 0.15) is 16.7 Å². The highest BCUT2D eigenvalue weighted by Gasteiger charge is 2.38. The molecular weight excluding hydrogens is 205 g/mol. The third kappa shape index (κ3) is 3.23. The van der Waals surface area contributed by atoms with Gasteiger partial charge in [0.25, 0.3) is 0 Å². The molecule has 4 heteroatoms. The van der Waals surface area contributed by atoms with E-state index in [-0.39, 0.29) is 6.42 Å². The fraction of sp³-hybridized carbons (Fsp3) is 0.455. The molecule has 0 aliphatic rings. The Morgan fingerprint density at radius 3 is 2.40 bits per heavy atom. The minimum absolute atomic E-state index is 0.378. The van der Waals surface area contributed by atoms with E-state index in [4.69, 9.17) is 5.11 Å². The minimum atomic E-state index is -4.55. The molecule has 0 saturated carbocycles. The average molecular weight is 218 g/mol. The molecule has 1 atom stereocenters. The first-order chi connectivity index (χ1) is 6.80. The van der Waals surface area contributed by atoms with Crippen LogP contribution in [0.4, 0.5) is 13.2 Å². The second-order valence-electron chi connectivity index (χ2n) is 3.69. The van der Waals surface area contributed by atoms with Crippen LogP contribution in [0.5, 0.6) is 0 Å². The molecule has 1 nitrogen and oxygen atoms in total. The average Bonchev–Trinajstić information content (AvgIpc) is 2.09. The summed E-state index contributed by atoms with van der Waals surface area (Å²) in [6.45, 7) is 3.54. The molecule has 0 amide bonds. The Morgan fingerprint density at radius 2 is 1.87 bits per heavy atom. The number of alkyl halides is 3. The van der Waals surface area contributed by atoms with Gasteiger partial charge >= 0.3 is 6.18 Å². The van der Waals surface area contributed by atoms with E-state index in [1.165, 1.54) is 0 Å². The van der Waals surface area contributed by atoms with Crippen molar-refractivity contribution >= 4 is 0 Å². The first-order valence-corrected chi connectivity index (χ1v) is 4.61. The van der Waals surface area contributed by atoms with Crippen molar-refractivity contribution in [2.45, 2.75) is 32.5 Å². The van der Waals surface area contributed by atoms with Crippen molar-refractivity contribution in [3.63, 3.8) is 0 Å². The van der Waals surface area contributed by atoms with Crippen molar-refractivity contribution < 1.29 is 18.3 Å². The van der Waals surface area contributed by atoms with Crippen LogP contribution < -0.4 is 0 Å². The quantitative estimate of drug-likeness (QED) is 0.809. The lowest BCUT2D eigenvalue weighted by atomic mass is 10.00. The molecule has 0 aromatic heterocycles. The van der Waals surface area contributed by atoms with Gasteiger partial charge in [-0.1, -0.05) is 23.8 Å². The standard InChI is InChI=1S/C11H13F3O/c1-7-3-4-8(2)9(5-7)6-10(15)11(12,13)14/h3-5,10,15H,6H2,1-2H3/t10-/m0/s1. The topological polar surface area (TPSA) is 20.2 Å². The number of aliphatic hydroxyl groups excluding tert-OH is 1. The van der Waals surface area contributed by atoms with E-state index in [2.05, 4.69) is 0 Å².